The van der Waals surface area contributed by atoms with Crippen LogP contribution in [0, 0.1) is 0 Å². The van der Waals surface area contributed by atoms with Crippen molar-refractivity contribution < 1.29 is 28.6 Å². The number of carbonyl (C=O) groups is 3. The number of rotatable bonds is 57. The predicted octanol–water partition coefficient (Wildman–Crippen LogP) is 22.3. The van der Waals surface area contributed by atoms with Gasteiger partial charge in [0.2, 0.25) is 0 Å². The molecule has 79 heavy (non-hydrogen) atoms. The summed E-state index contributed by atoms with van der Waals surface area (Å²) in [7, 11) is 0. The zero-order valence-electron chi connectivity index (χ0n) is 51.1. The molecule has 6 nitrogen and oxygen atoms in total. The van der Waals surface area contributed by atoms with Crippen LogP contribution in [0.4, 0.5) is 0 Å². The van der Waals surface area contributed by atoms with Crippen LogP contribution in [0.15, 0.2) is 146 Å². The van der Waals surface area contributed by atoms with Crippen LogP contribution in [0.1, 0.15) is 278 Å². The van der Waals surface area contributed by atoms with Gasteiger partial charge in [-0.15, -0.1) is 0 Å². The molecule has 0 aliphatic heterocycles. The van der Waals surface area contributed by atoms with Crippen LogP contribution in [-0.2, 0) is 28.6 Å². The van der Waals surface area contributed by atoms with E-state index in [2.05, 4.69) is 167 Å². The van der Waals surface area contributed by atoms with Crippen LogP contribution in [0.25, 0.3) is 0 Å². The average Bonchev–Trinajstić information content (AvgIpc) is 3.45. The standard InChI is InChI=1S/C73H118O6/c1-4-7-10-13-16-19-22-25-27-29-31-32-33-34-35-36-37-38-39-40-42-43-45-48-51-54-57-60-63-66-72(75)78-69-70(68-77-71(74)65-62-59-56-53-50-47-24-21-18-15-12-9-6-3)79-73(76)67-64-61-58-55-52-49-46-44-41-30-28-26-23-20-17-14-11-8-5-2/h7,9-10,12,16-21,25-28,31-32,34-35,37-38,41,44,47,50,70H,4-6,8,11,13-15,22-24,29-30,33,36,39-40,42-43,45-46,48-49,51-69H2,1-3H3/b10-7-,12-9-,19-16-,20-17-,21-18-,27-25-,28-26-,32-31-,35-34-,38-37-,44-41-,50-47-. The Balaban J connectivity index is 4.36. The van der Waals surface area contributed by atoms with Crippen molar-refractivity contribution in [1.29, 1.82) is 0 Å². The normalized spacial score (nSPS) is 13.1. The van der Waals surface area contributed by atoms with E-state index in [4.69, 9.17) is 14.2 Å². The molecule has 6 heteroatoms. The SMILES string of the molecule is CC/C=C\C/C=C\C/C=C\C/C=C\C/C=C\C/C=C\CCCCCCCCCCCCC(=O)OCC(COC(=O)CCCCC/C=C\C/C=C\C/C=C\CC)OC(=O)CCCCCCCC/C=C\C/C=C\C/C=C\CCCCC. The molecular weight excluding hydrogens is 973 g/mol. The number of hydrogen-bond acceptors (Lipinski definition) is 6. The van der Waals surface area contributed by atoms with Crippen LogP contribution in [0.3, 0.4) is 0 Å². The summed E-state index contributed by atoms with van der Waals surface area (Å²) in [5.41, 5.74) is 0. The summed E-state index contributed by atoms with van der Waals surface area (Å²) in [5, 5.41) is 0. The molecule has 0 aromatic heterocycles. The summed E-state index contributed by atoms with van der Waals surface area (Å²) in [5.74, 6) is -0.947. The molecular formula is C73H118O6. The first-order valence-electron chi connectivity index (χ1n) is 32.3. The van der Waals surface area contributed by atoms with Gasteiger partial charge in [0.15, 0.2) is 6.10 Å². The second-order valence-electron chi connectivity index (χ2n) is 20.9. The van der Waals surface area contributed by atoms with Gasteiger partial charge in [-0.05, 0) is 141 Å². The summed E-state index contributed by atoms with van der Waals surface area (Å²) in [6.45, 7) is 6.35. The molecule has 0 aliphatic rings. The maximum absolute atomic E-state index is 12.9. The van der Waals surface area contributed by atoms with E-state index in [0.717, 1.165) is 148 Å². The number of carbonyl (C=O) groups excluding carboxylic acids is 3. The van der Waals surface area contributed by atoms with Gasteiger partial charge in [-0.25, -0.2) is 0 Å². The molecule has 1 atom stereocenters. The van der Waals surface area contributed by atoms with Crippen molar-refractivity contribution in [3.63, 3.8) is 0 Å². The molecule has 0 saturated heterocycles. The predicted molar refractivity (Wildman–Crippen MR) is 343 cm³/mol. The zero-order chi connectivity index (χ0) is 57.1. The van der Waals surface area contributed by atoms with E-state index in [-0.39, 0.29) is 31.1 Å². The highest BCUT2D eigenvalue weighted by Crippen LogP contribution is 2.15. The van der Waals surface area contributed by atoms with E-state index < -0.39 is 6.10 Å². The quantitative estimate of drug-likeness (QED) is 0.0261. The fourth-order valence-corrected chi connectivity index (χ4v) is 8.53. The van der Waals surface area contributed by atoms with E-state index in [1.54, 1.807) is 0 Å². The van der Waals surface area contributed by atoms with Gasteiger partial charge >= 0.3 is 17.9 Å². The fourth-order valence-electron chi connectivity index (χ4n) is 8.53. The topological polar surface area (TPSA) is 78.9 Å². The third-order valence-electron chi connectivity index (χ3n) is 13.3. The largest absolute Gasteiger partial charge is 0.462 e. The molecule has 0 rings (SSSR count). The van der Waals surface area contributed by atoms with Crippen LogP contribution in [0.5, 0.6) is 0 Å². The summed E-state index contributed by atoms with van der Waals surface area (Å²) in [6, 6.07) is 0. The molecule has 0 spiro atoms. The van der Waals surface area contributed by atoms with E-state index in [0.29, 0.717) is 19.3 Å². The van der Waals surface area contributed by atoms with Crippen molar-refractivity contribution in [2.75, 3.05) is 13.2 Å². The number of esters is 3. The molecule has 0 aromatic rings. The first-order chi connectivity index (χ1) is 39.0. The van der Waals surface area contributed by atoms with Crippen LogP contribution in [-0.4, -0.2) is 37.2 Å². The Kier molecular flexibility index (Phi) is 61.9. The summed E-state index contributed by atoms with van der Waals surface area (Å²) < 4.78 is 16.9. The Labute approximate surface area is 487 Å². The molecule has 0 N–H and O–H groups in total. The van der Waals surface area contributed by atoms with E-state index in [1.165, 1.54) is 89.9 Å². The third kappa shape index (κ3) is 64.0. The van der Waals surface area contributed by atoms with E-state index >= 15 is 0 Å². The Bertz CT molecular complexity index is 1730. The van der Waals surface area contributed by atoms with E-state index in [1.807, 2.05) is 0 Å². The van der Waals surface area contributed by atoms with Crippen LogP contribution in [0.2, 0.25) is 0 Å². The number of unbranched alkanes of at least 4 members (excludes halogenated alkanes) is 22. The molecule has 0 radical (unpaired) electrons. The van der Waals surface area contributed by atoms with Crippen molar-refractivity contribution >= 4 is 17.9 Å². The first-order valence-corrected chi connectivity index (χ1v) is 32.3. The third-order valence-corrected chi connectivity index (χ3v) is 13.3. The Morgan fingerprint density at radius 1 is 0.266 bits per heavy atom. The smallest absolute Gasteiger partial charge is 0.306 e. The molecule has 0 aliphatic carbocycles. The molecule has 0 aromatic carbocycles. The molecule has 1 unspecified atom stereocenters. The van der Waals surface area contributed by atoms with Crippen LogP contribution >= 0.6 is 0 Å². The number of ether oxygens (including phenoxy) is 3. The average molecular weight is 1090 g/mol. The molecule has 446 valence electrons. The minimum Gasteiger partial charge on any atom is -0.462 e. The van der Waals surface area contributed by atoms with Crippen molar-refractivity contribution in [1.82, 2.24) is 0 Å². The fraction of sp³-hybridized carbons (Fsp3) is 0.630. The lowest BCUT2D eigenvalue weighted by Crippen LogP contribution is -2.30. The molecule has 0 saturated carbocycles. The molecule has 0 bridgehead atoms. The second-order valence-corrected chi connectivity index (χ2v) is 20.9. The minimum absolute atomic E-state index is 0.0997. The second kappa shape index (κ2) is 65.8. The first kappa shape index (κ1) is 74.3. The highest BCUT2D eigenvalue weighted by molar-refractivity contribution is 5.71. The lowest BCUT2D eigenvalue weighted by Gasteiger charge is -2.18. The van der Waals surface area contributed by atoms with Gasteiger partial charge in [0, 0.05) is 19.3 Å². The highest BCUT2D eigenvalue weighted by atomic mass is 16.6. The van der Waals surface area contributed by atoms with Crippen molar-refractivity contribution in [3.05, 3.63) is 146 Å². The van der Waals surface area contributed by atoms with Gasteiger partial charge in [0.25, 0.3) is 0 Å². The van der Waals surface area contributed by atoms with Crippen molar-refractivity contribution in [3.8, 4) is 0 Å². The maximum Gasteiger partial charge on any atom is 0.306 e. The van der Waals surface area contributed by atoms with Gasteiger partial charge in [0.05, 0.1) is 0 Å². The number of allylic oxidation sites excluding steroid dienone is 24. The van der Waals surface area contributed by atoms with Gasteiger partial charge in [-0.3, -0.25) is 14.4 Å². The van der Waals surface area contributed by atoms with Gasteiger partial charge in [-0.1, -0.05) is 263 Å². The molecule has 0 heterocycles. The lowest BCUT2D eigenvalue weighted by molar-refractivity contribution is -0.167. The monoisotopic (exact) mass is 1090 g/mol. The Morgan fingerprint density at radius 3 is 0.785 bits per heavy atom. The van der Waals surface area contributed by atoms with Gasteiger partial charge < -0.3 is 14.2 Å². The maximum atomic E-state index is 12.9. The molecule has 0 fully saturated rings. The van der Waals surface area contributed by atoms with E-state index in [9.17, 15) is 14.4 Å². The summed E-state index contributed by atoms with van der Waals surface area (Å²) >= 11 is 0. The van der Waals surface area contributed by atoms with Crippen molar-refractivity contribution in [2.45, 2.75) is 284 Å². The molecule has 0 amide bonds. The Morgan fingerprint density at radius 2 is 0.494 bits per heavy atom. The Hall–Kier alpha value is -4.71. The number of hydrogen-bond donors (Lipinski definition) is 0. The van der Waals surface area contributed by atoms with Gasteiger partial charge in [-0.2, -0.15) is 0 Å². The minimum atomic E-state index is -0.806. The summed E-state index contributed by atoms with van der Waals surface area (Å²) in [6.07, 6.45) is 94.2. The zero-order valence-corrected chi connectivity index (χ0v) is 51.1. The van der Waals surface area contributed by atoms with Crippen molar-refractivity contribution in [2.24, 2.45) is 0 Å². The highest BCUT2D eigenvalue weighted by Gasteiger charge is 2.19. The summed E-state index contributed by atoms with van der Waals surface area (Å²) in [4.78, 5) is 38.3. The van der Waals surface area contributed by atoms with Gasteiger partial charge in [0.1, 0.15) is 13.2 Å². The van der Waals surface area contributed by atoms with Crippen LogP contribution < -0.4 is 0 Å². The lowest BCUT2D eigenvalue weighted by atomic mass is 10.1.